The summed E-state index contributed by atoms with van der Waals surface area (Å²) in [4.78, 5) is 132. The quantitative estimate of drug-likeness (QED) is 0.00531. The highest BCUT2D eigenvalue weighted by molar-refractivity contribution is 7.60. The van der Waals surface area contributed by atoms with E-state index in [2.05, 4.69) is 45.1 Å². The van der Waals surface area contributed by atoms with Crippen molar-refractivity contribution in [1.82, 2.24) is 51.0 Å². The van der Waals surface area contributed by atoms with Crippen LogP contribution in [0, 0.1) is 22.7 Å². The van der Waals surface area contributed by atoms with Gasteiger partial charge in [-0.3, -0.25) is 37.4 Å². The zero-order valence-electron chi connectivity index (χ0n) is 74.8. The lowest BCUT2D eigenvalue weighted by molar-refractivity contribution is -0.142. The standard InChI is InChI=1S/C45H63N6O11PS.C43H59N6O11PS/c1-10-12-19-58-43(55)59-26-60-63(9,56)45(23-28(45)11-2)50-39(52)36-21-31(24-51(36)40(53)38(44(5,6)7)49-42(54)62-29-15-13-14-16-29)61-37-22-34(35-25-64-41(48-35)46-27(3)4)47-33-20-30(57-8)17-18-32(33)37;1-10-26-21-43(26,61(9,54)58-24-57-41(53)56-11-2)48-37(50)34-19-29(22-49(34)38(51)36(42(5,6)7)47-40(52)60-27-14-12-13-15-27)59-35-20-32(33-23-62-39(46-33)44-25(3)4)45-31-18-28(55-8)16-17-30(31)35/h11,17-18,20,22,25,27-29,31,36,38H,2,10,12-16,19,21,23-24,26H2,1,3-9H3,(H,46,48)(H,49,54)(H,50,52);10,16-18,20,23,25-27,29,34,36H,1,11-15,19,21-22,24H2,2-9H3,(H,44,46)(H,47,52)(H,48,50)/t28-,31-,36+,38-,45+,63?;26-,29-,34+,36-,43+,61?/m11/s1. The van der Waals surface area contributed by atoms with Crippen LogP contribution in [0.3, 0.4) is 0 Å². The molecule has 4 saturated carbocycles. The fourth-order valence-electron chi connectivity index (χ4n) is 16.0. The van der Waals surface area contributed by atoms with Crippen molar-refractivity contribution in [2.24, 2.45) is 22.7 Å². The van der Waals surface area contributed by atoms with Crippen molar-refractivity contribution in [3.05, 3.63) is 84.6 Å². The van der Waals surface area contributed by atoms with Crippen molar-refractivity contribution in [3.63, 3.8) is 0 Å². The van der Waals surface area contributed by atoms with E-state index in [4.69, 9.17) is 76.4 Å². The summed E-state index contributed by atoms with van der Waals surface area (Å²) in [7, 11) is -4.40. The summed E-state index contributed by atoms with van der Waals surface area (Å²) < 4.78 is 95.7. The maximum Gasteiger partial charge on any atom is 0.510 e. The Balaban J connectivity index is 0.000000245. The van der Waals surface area contributed by atoms with Gasteiger partial charge in [-0.25, -0.2) is 39.1 Å². The van der Waals surface area contributed by atoms with Crippen molar-refractivity contribution in [2.75, 3.05) is 78.1 Å². The molecule has 6 fully saturated rings. The Hall–Kier alpha value is -9.86. The van der Waals surface area contributed by atoms with Gasteiger partial charge in [-0.15, -0.1) is 35.8 Å². The molecule has 688 valence electrons. The molecule has 34 nitrogen and oxygen atoms in total. The normalized spacial score (nSPS) is 22.5. The molecule has 0 bridgehead atoms. The number of rotatable bonds is 36. The second-order valence-corrected chi connectivity index (χ2v) is 42.7. The number of amides is 6. The third-order valence-electron chi connectivity index (χ3n) is 23.1. The summed E-state index contributed by atoms with van der Waals surface area (Å²) in [6, 6.07) is 10.3. The van der Waals surface area contributed by atoms with Gasteiger partial charge in [0.2, 0.25) is 52.0 Å². The summed E-state index contributed by atoms with van der Waals surface area (Å²) in [6.45, 7) is 31.9. The summed E-state index contributed by atoms with van der Waals surface area (Å²) in [5, 5.41) is 22.1. The van der Waals surface area contributed by atoms with E-state index in [9.17, 15) is 47.5 Å². The average Bonchev–Trinajstić information content (AvgIpc) is 1.56. The molecule has 0 radical (unpaired) electrons. The molecule has 2 saturated heterocycles. The van der Waals surface area contributed by atoms with E-state index in [1.807, 2.05) is 99.1 Å². The van der Waals surface area contributed by atoms with E-state index in [1.165, 1.54) is 45.8 Å². The maximum absolute atomic E-state index is 14.9. The predicted octanol–water partition coefficient (Wildman–Crippen LogP) is 16.2. The Labute approximate surface area is 743 Å². The number of unbranched alkanes of at least 4 members (excludes halogenated alkanes) is 1. The van der Waals surface area contributed by atoms with Gasteiger partial charge in [-0.2, -0.15) is 0 Å². The Bertz CT molecular complexity index is 5030. The average molecular weight is 1830 g/mol. The minimum atomic E-state index is -3.78. The van der Waals surface area contributed by atoms with Crippen molar-refractivity contribution >= 4 is 118 Å². The van der Waals surface area contributed by atoms with Crippen molar-refractivity contribution < 1.29 is 104 Å². The Morgan fingerprint density at radius 3 is 1.30 bits per heavy atom. The molecule has 38 heteroatoms. The van der Waals surface area contributed by atoms with Crippen LogP contribution in [0.25, 0.3) is 44.6 Å². The first-order valence-electron chi connectivity index (χ1n) is 43.0. The van der Waals surface area contributed by atoms with Crippen LogP contribution in [0.1, 0.15) is 173 Å². The van der Waals surface area contributed by atoms with Gasteiger partial charge in [0.25, 0.3) is 0 Å². The number of carbonyl (C=O) groups is 8. The number of hydrogen-bond donors (Lipinski definition) is 6. The molecule has 6 aromatic rings. The van der Waals surface area contributed by atoms with Crippen molar-refractivity contribution in [3.8, 4) is 45.8 Å². The largest absolute Gasteiger partial charge is 0.510 e. The number of methoxy groups -OCH3 is 2. The van der Waals surface area contributed by atoms with Gasteiger partial charge in [0.05, 0.1) is 62.9 Å². The first-order chi connectivity index (χ1) is 59.7. The highest BCUT2D eigenvalue weighted by Crippen LogP contribution is 2.71. The van der Waals surface area contributed by atoms with Crippen LogP contribution in [-0.2, 0) is 65.8 Å². The van der Waals surface area contributed by atoms with Crippen LogP contribution in [0.5, 0.6) is 23.0 Å². The SMILES string of the molecule is C=C[C@@H]1C[C@]1(NC(=O)[C@@H]1C[C@@H](Oc2cc(-c3csc(NC(C)C)n3)nc3cc(OC)ccc23)CN1C(=O)[C@@H](NC(=O)OC1CCCC1)C(C)(C)C)P(C)(=O)OCOC(=O)OCC.C=C[C@@H]1C[C@]1(NC(=O)[C@@H]1C[C@@H](Oc2cc(-c3csc(NC(C)C)n3)nc3cc(OC)ccc23)CN1C(=O)[C@@H](NC(=O)OC1CCCC1)C(C)(C)C)P(C)(=O)OCOC(=O)OCCCC. The van der Waals surface area contributed by atoms with Gasteiger partial charge in [0.1, 0.15) is 93.5 Å². The third kappa shape index (κ3) is 23.7. The summed E-state index contributed by atoms with van der Waals surface area (Å²) >= 11 is 2.90. The molecule has 6 amide bonds. The van der Waals surface area contributed by atoms with Crippen molar-refractivity contribution in [1.29, 1.82) is 0 Å². The van der Waals surface area contributed by atoms with Gasteiger partial charge in [-0.1, -0.05) is 67.0 Å². The van der Waals surface area contributed by atoms with Gasteiger partial charge in [0, 0.05) is 95.9 Å². The molecule has 4 aliphatic carbocycles. The van der Waals surface area contributed by atoms with Crippen LogP contribution in [0.2, 0.25) is 0 Å². The molecule has 6 N–H and O–H groups in total. The summed E-state index contributed by atoms with van der Waals surface area (Å²) in [5.41, 5.74) is 1.89. The maximum atomic E-state index is 14.9. The Morgan fingerprint density at radius 1 is 0.556 bits per heavy atom. The number of nitrogens with zero attached hydrogens (tertiary/aromatic N) is 6. The lowest BCUT2D eigenvalue weighted by Gasteiger charge is -2.36. The van der Waals surface area contributed by atoms with Gasteiger partial charge in [0.15, 0.2) is 10.3 Å². The number of carbonyl (C=O) groups excluding carboxylic acids is 8. The molecule has 2 aromatic carbocycles. The lowest BCUT2D eigenvalue weighted by Crippen LogP contribution is -2.58. The number of ether oxygens (including phenoxy) is 10. The predicted molar refractivity (Wildman–Crippen MR) is 478 cm³/mol. The van der Waals surface area contributed by atoms with E-state index in [1.54, 1.807) is 69.7 Å². The number of hydrogen-bond acceptors (Lipinski definition) is 30. The fourth-order valence-corrected chi connectivity index (χ4v) is 21.8. The molecule has 6 heterocycles. The minimum absolute atomic E-state index is 0.0328. The van der Waals surface area contributed by atoms with E-state index < -0.39 is 146 Å². The number of fused-ring (bicyclic) bond motifs is 2. The molecule has 12 atom stereocenters. The van der Waals surface area contributed by atoms with Gasteiger partial charge < -0.3 is 89.1 Å². The first-order valence-corrected chi connectivity index (χ1v) is 48.9. The number of pyridine rings is 2. The van der Waals surface area contributed by atoms with Crippen LogP contribution >= 0.6 is 37.4 Å². The number of likely N-dealkylation sites (tertiary alicyclic amines) is 2. The molecular weight excluding hydrogens is 1700 g/mol. The zero-order valence-corrected chi connectivity index (χ0v) is 78.2. The molecule has 126 heavy (non-hydrogen) atoms. The highest BCUT2D eigenvalue weighted by atomic mass is 32.1. The highest BCUT2D eigenvalue weighted by Gasteiger charge is 2.67. The Kier molecular flexibility index (Phi) is 31.9. The molecule has 4 aromatic heterocycles. The van der Waals surface area contributed by atoms with Crippen LogP contribution in [0.15, 0.2) is 84.6 Å². The molecule has 12 rings (SSSR count). The second-order valence-electron chi connectivity index (χ2n) is 35.5. The Morgan fingerprint density at radius 2 is 0.952 bits per heavy atom. The molecule has 0 spiro atoms. The second kappa shape index (κ2) is 41.5. The zero-order chi connectivity index (χ0) is 91.4. The third-order valence-corrected chi connectivity index (χ3v) is 30.0. The van der Waals surface area contributed by atoms with Crippen molar-refractivity contribution in [2.45, 2.75) is 244 Å². The number of benzene rings is 2. The van der Waals surface area contributed by atoms with E-state index in [-0.39, 0.29) is 76.3 Å². The number of thiazole rings is 2. The molecule has 6 aliphatic rings. The smallest absolute Gasteiger partial charge is 0.497 e. The topological polar surface area (TPSA) is 412 Å². The number of nitrogens with one attached hydrogen (secondary N) is 6. The van der Waals surface area contributed by atoms with Gasteiger partial charge in [-0.05, 0) is 140 Å². The lowest BCUT2D eigenvalue weighted by atomic mass is 9.85. The van der Waals surface area contributed by atoms with E-state index >= 15 is 0 Å². The number of aromatic nitrogens is 4. The number of alkyl carbamates (subject to hydrolysis) is 2. The van der Waals surface area contributed by atoms with Crippen LogP contribution in [0.4, 0.5) is 29.4 Å². The summed E-state index contributed by atoms with van der Waals surface area (Å²) in [5.74, 6) is -1.07. The molecule has 2 unspecified atom stereocenters. The number of anilines is 2. The van der Waals surface area contributed by atoms with Crippen LogP contribution in [-0.4, -0.2) is 217 Å². The monoisotopic (exact) mass is 1820 g/mol. The minimum Gasteiger partial charge on any atom is -0.497 e. The van der Waals surface area contributed by atoms with Gasteiger partial charge >= 0.3 is 24.5 Å². The molecular formula is C88H122N12O22P2S2. The van der Waals surface area contributed by atoms with E-state index in [0.29, 0.717) is 74.0 Å². The first kappa shape index (κ1) is 96.8. The van der Waals surface area contributed by atoms with E-state index in [0.717, 1.165) is 68.1 Å². The van der Waals surface area contributed by atoms with Crippen LogP contribution < -0.4 is 50.8 Å². The fraction of sp³-hybridized carbons (Fsp3) is 0.591. The summed E-state index contributed by atoms with van der Waals surface area (Å²) in [6.07, 6.45) is 6.67. The molecule has 2 aliphatic heterocycles.